The number of hydrogen-bond donors (Lipinski definition) is 1. The lowest BCUT2D eigenvalue weighted by Crippen LogP contribution is -2.51. The van der Waals surface area contributed by atoms with Gasteiger partial charge < -0.3 is 15.0 Å². The molecule has 3 aromatic rings. The molecule has 0 radical (unpaired) electrons. The molecule has 2 aliphatic rings. The maximum Gasteiger partial charge on any atom is 0.243 e. The van der Waals surface area contributed by atoms with Crippen LogP contribution in [0.5, 0.6) is 0 Å². The van der Waals surface area contributed by atoms with Crippen LogP contribution in [0.15, 0.2) is 83.8 Å². The van der Waals surface area contributed by atoms with Gasteiger partial charge in [0.1, 0.15) is 6.04 Å². The molecule has 0 aliphatic carbocycles. The second kappa shape index (κ2) is 15.2. The van der Waals surface area contributed by atoms with Crippen molar-refractivity contribution >= 4 is 33.4 Å². The Morgan fingerprint density at radius 2 is 1.59 bits per heavy atom. The molecule has 0 spiro atoms. The Morgan fingerprint density at radius 3 is 2.25 bits per heavy atom. The average Bonchev–Trinajstić information content (AvgIpc) is 3.78. The van der Waals surface area contributed by atoms with Gasteiger partial charge in [0.15, 0.2) is 0 Å². The highest BCUT2D eigenvalue weighted by atomic mass is 35.5. The van der Waals surface area contributed by atoms with Gasteiger partial charge in [0.05, 0.1) is 11.0 Å². The van der Waals surface area contributed by atoms with Crippen LogP contribution in [0.25, 0.3) is 0 Å². The molecule has 10 heteroatoms. The summed E-state index contributed by atoms with van der Waals surface area (Å²) < 4.78 is 33.1. The minimum Gasteiger partial charge on any atom is -0.376 e. The van der Waals surface area contributed by atoms with Crippen molar-refractivity contribution in [3.63, 3.8) is 0 Å². The lowest BCUT2D eigenvalue weighted by Gasteiger charge is -2.32. The molecule has 2 amide bonds. The van der Waals surface area contributed by atoms with Crippen molar-refractivity contribution < 1.29 is 22.7 Å². The summed E-state index contributed by atoms with van der Waals surface area (Å²) in [5, 5.41) is 3.65. The van der Waals surface area contributed by atoms with E-state index in [0.29, 0.717) is 44.1 Å². The second-order valence-electron chi connectivity index (χ2n) is 11.5. The molecule has 2 fully saturated rings. The Bertz CT molecular complexity index is 1490. The number of benzene rings is 3. The Labute approximate surface area is 265 Å². The number of nitrogens with zero attached hydrogens (tertiary/aromatic N) is 2. The van der Waals surface area contributed by atoms with Crippen molar-refractivity contribution in [1.29, 1.82) is 0 Å². The summed E-state index contributed by atoms with van der Waals surface area (Å²) in [6.07, 6.45) is 4.55. The molecular formula is C34H40ClN3O5S. The van der Waals surface area contributed by atoms with Crippen LogP contribution in [0.4, 0.5) is 0 Å². The smallest absolute Gasteiger partial charge is 0.243 e. The fourth-order valence-corrected chi connectivity index (χ4v) is 7.42. The number of amides is 2. The van der Waals surface area contributed by atoms with Crippen molar-refractivity contribution in [2.45, 2.75) is 68.5 Å². The van der Waals surface area contributed by atoms with Gasteiger partial charge in [0, 0.05) is 50.7 Å². The maximum absolute atomic E-state index is 14.0. The Balaban J connectivity index is 1.34. The van der Waals surface area contributed by atoms with Crippen molar-refractivity contribution in [3.8, 4) is 0 Å². The van der Waals surface area contributed by atoms with E-state index in [4.69, 9.17) is 16.3 Å². The van der Waals surface area contributed by atoms with Gasteiger partial charge in [0.2, 0.25) is 21.8 Å². The number of carbonyl (C=O) groups excluding carboxylic acids is 2. The zero-order valence-corrected chi connectivity index (χ0v) is 26.4. The van der Waals surface area contributed by atoms with E-state index in [1.165, 1.54) is 4.31 Å². The quantitative estimate of drug-likeness (QED) is 0.285. The lowest BCUT2D eigenvalue weighted by molar-refractivity contribution is -0.141. The van der Waals surface area contributed by atoms with Crippen LogP contribution in [0.2, 0.25) is 5.02 Å². The summed E-state index contributed by atoms with van der Waals surface area (Å²) in [6, 6.07) is 23.0. The minimum atomic E-state index is -3.50. The highest BCUT2D eigenvalue weighted by Crippen LogP contribution is 2.23. The predicted molar refractivity (Wildman–Crippen MR) is 171 cm³/mol. The summed E-state index contributed by atoms with van der Waals surface area (Å²) in [5.74, 6) is -0.384. The van der Waals surface area contributed by atoms with Crippen LogP contribution < -0.4 is 5.32 Å². The van der Waals surface area contributed by atoms with E-state index in [-0.39, 0.29) is 35.8 Å². The molecule has 2 heterocycles. The van der Waals surface area contributed by atoms with E-state index in [1.54, 1.807) is 41.3 Å². The van der Waals surface area contributed by atoms with E-state index in [1.807, 2.05) is 42.5 Å². The van der Waals surface area contributed by atoms with E-state index >= 15 is 0 Å². The molecule has 2 saturated heterocycles. The third kappa shape index (κ3) is 8.47. The summed E-state index contributed by atoms with van der Waals surface area (Å²) in [6.45, 7) is 2.44. The molecular weight excluding hydrogens is 598 g/mol. The van der Waals surface area contributed by atoms with Gasteiger partial charge in [-0.2, -0.15) is 4.31 Å². The Kier molecular flexibility index (Phi) is 11.1. The van der Waals surface area contributed by atoms with Crippen LogP contribution >= 0.6 is 11.6 Å². The van der Waals surface area contributed by atoms with Crippen LogP contribution in [0.3, 0.4) is 0 Å². The number of halogens is 1. The fraction of sp³-hybridized carbons (Fsp3) is 0.412. The number of ether oxygens (including phenoxy) is 1. The molecule has 0 aromatic heterocycles. The summed E-state index contributed by atoms with van der Waals surface area (Å²) in [4.78, 5) is 29.7. The highest BCUT2D eigenvalue weighted by Gasteiger charge is 2.31. The van der Waals surface area contributed by atoms with Crippen molar-refractivity contribution in [2.75, 3.05) is 26.2 Å². The number of sulfonamides is 1. The first-order chi connectivity index (χ1) is 21.3. The van der Waals surface area contributed by atoms with Gasteiger partial charge in [-0.1, -0.05) is 66.2 Å². The number of rotatable bonds is 13. The topological polar surface area (TPSA) is 96.0 Å². The number of aryl methyl sites for hydroxylation is 1. The largest absolute Gasteiger partial charge is 0.376 e. The van der Waals surface area contributed by atoms with Crippen LogP contribution in [0.1, 0.15) is 48.8 Å². The van der Waals surface area contributed by atoms with Crippen molar-refractivity contribution in [1.82, 2.24) is 14.5 Å². The zero-order valence-electron chi connectivity index (χ0n) is 24.9. The van der Waals surface area contributed by atoms with Gasteiger partial charge >= 0.3 is 0 Å². The molecule has 2 aliphatic heterocycles. The Morgan fingerprint density at radius 1 is 0.909 bits per heavy atom. The molecule has 0 saturated carbocycles. The van der Waals surface area contributed by atoms with Gasteiger partial charge in [-0.15, -0.1) is 0 Å². The van der Waals surface area contributed by atoms with Crippen LogP contribution in [-0.2, 0) is 43.7 Å². The predicted octanol–water partition coefficient (Wildman–Crippen LogP) is 4.99. The number of carbonyl (C=O) groups is 2. The molecule has 234 valence electrons. The first kappa shape index (κ1) is 32.2. The van der Waals surface area contributed by atoms with E-state index < -0.39 is 16.1 Å². The highest BCUT2D eigenvalue weighted by molar-refractivity contribution is 7.89. The molecule has 2 unspecified atom stereocenters. The van der Waals surface area contributed by atoms with Gasteiger partial charge in [0.25, 0.3) is 0 Å². The summed E-state index contributed by atoms with van der Waals surface area (Å²) in [7, 11) is -3.50. The molecule has 44 heavy (non-hydrogen) atoms. The van der Waals surface area contributed by atoms with Crippen LogP contribution in [0, 0.1) is 0 Å². The third-order valence-electron chi connectivity index (χ3n) is 8.32. The maximum atomic E-state index is 14.0. The lowest BCUT2D eigenvalue weighted by atomic mass is 10.0. The molecule has 8 nitrogen and oxygen atoms in total. The molecule has 1 N–H and O–H groups in total. The van der Waals surface area contributed by atoms with E-state index in [0.717, 1.165) is 42.4 Å². The van der Waals surface area contributed by atoms with E-state index in [2.05, 4.69) is 5.32 Å². The van der Waals surface area contributed by atoms with Gasteiger partial charge in [-0.3, -0.25) is 9.59 Å². The number of nitrogens with one attached hydrogen (secondary N) is 1. The summed E-state index contributed by atoms with van der Waals surface area (Å²) in [5.41, 5.74) is 2.67. The molecule has 5 rings (SSSR count). The van der Waals surface area contributed by atoms with Crippen molar-refractivity contribution in [3.05, 3.63) is 101 Å². The number of hydrogen-bond acceptors (Lipinski definition) is 5. The van der Waals surface area contributed by atoms with Crippen molar-refractivity contribution in [2.24, 2.45) is 0 Å². The summed E-state index contributed by atoms with van der Waals surface area (Å²) >= 11 is 6.13. The molecule has 2 atom stereocenters. The standard InChI is InChI=1S/C34H40ClN3O5S/c35-29-15-10-28(11-16-29)25-38(32(23-27-7-2-1-3-8-27)34(40)36-24-30-9-6-22-43-30)33(39)19-14-26-12-17-31(18-13-26)44(41,42)37-20-4-5-21-37/h1-3,7-8,10-13,15-18,30,32H,4-6,9,14,19-25H2,(H,36,40). The van der Waals surface area contributed by atoms with Crippen LogP contribution in [-0.4, -0.2) is 67.8 Å². The Hall–Kier alpha value is -3.24. The monoisotopic (exact) mass is 637 g/mol. The average molecular weight is 638 g/mol. The minimum absolute atomic E-state index is 0.0194. The van der Waals surface area contributed by atoms with Gasteiger partial charge in [-0.05, 0) is 73.1 Å². The normalized spacial score (nSPS) is 17.8. The first-order valence-electron chi connectivity index (χ1n) is 15.4. The van der Waals surface area contributed by atoms with E-state index in [9.17, 15) is 18.0 Å². The zero-order chi connectivity index (χ0) is 30.9. The SMILES string of the molecule is O=C(NCC1CCCO1)C(Cc1ccccc1)N(Cc1ccc(Cl)cc1)C(=O)CCc1ccc(S(=O)(=O)N2CCCC2)cc1. The third-order valence-corrected chi connectivity index (χ3v) is 10.5. The van der Waals surface area contributed by atoms with Gasteiger partial charge in [-0.25, -0.2) is 8.42 Å². The fourth-order valence-electron chi connectivity index (χ4n) is 5.78. The second-order valence-corrected chi connectivity index (χ2v) is 13.9. The molecule has 0 bridgehead atoms. The molecule has 3 aromatic carbocycles. The first-order valence-corrected chi connectivity index (χ1v) is 17.2.